The molecule has 3 nitrogen and oxygen atoms in total. The summed E-state index contributed by atoms with van der Waals surface area (Å²) in [6, 6.07) is 27.6. The lowest BCUT2D eigenvalue weighted by Gasteiger charge is -2.12. The highest BCUT2D eigenvalue weighted by Gasteiger charge is 2.19. The van der Waals surface area contributed by atoms with Crippen molar-refractivity contribution in [2.75, 3.05) is 0 Å². The third-order valence-corrected chi connectivity index (χ3v) is 5.38. The summed E-state index contributed by atoms with van der Waals surface area (Å²) < 4.78 is 31.0. The highest BCUT2D eigenvalue weighted by Crippen LogP contribution is 2.36. The van der Waals surface area contributed by atoms with E-state index in [9.17, 15) is 0 Å². The molecule has 0 saturated carbocycles. The van der Waals surface area contributed by atoms with Crippen molar-refractivity contribution in [2.45, 2.75) is 6.85 Å². The summed E-state index contributed by atoms with van der Waals surface area (Å²) in [5.74, 6) is 0.753. The second-order valence-corrected chi connectivity index (χ2v) is 7.12. The minimum atomic E-state index is -2.18. The first-order valence-corrected chi connectivity index (χ1v) is 9.48. The van der Waals surface area contributed by atoms with Gasteiger partial charge in [-0.05, 0) is 42.1 Å². The van der Waals surface area contributed by atoms with E-state index in [2.05, 4.69) is 34.9 Å². The molecule has 6 aromatic rings. The summed E-state index contributed by atoms with van der Waals surface area (Å²) in [5, 5.41) is 3.10. The van der Waals surface area contributed by atoms with E-state index in [0.29, 0.717) is 5.58 Å². The van der Waals surface area contributed by atoms with Crippen LogP contribution in [-0.2, 0) is 0 Å². The molecule has 4 aromatic carbocycles. The minimum Gasteiger partial charge on any atom is -0.464 e. The molecule has 0 radical (unpaired) electrons. The Balaban J connectivity index is 1.67. The molecule has 138 valence electrons. The number of para-hydroxylation sites is 2. The van der Waals surface area contributed by atoms with Crippen LogP contribution in [0.5, 0.6) is 0 Å². The monoisotopic (exact) mass is 377 g/mol. The van der Waals surface area contributed by atoms with Crippen LogP contribution >= 0.6 is 0 Å². The van der Waals surface area contributed by atoms with Crippen LogP contribution in [0, 0.1) is 6.85 Å². The maximum absolute atomic E-state index is 7.69. The van der Waals surface area contributed by atoms with Gasteiger partial charge in [-0.1, -0.05) is 60.7 Å². The van der Waals surface area contributed by atoms with E-state index in [-0.39, 0.29) is 5.56 Å². The number of hydrogen-bond acceptors (Lipinski definition) is 2. The van der Waals surface area contributed by atoms with Crippen molar-refractivity contribution < 1.29 is 8.53 Å². The fourth-order valence-corrected chi connectivity index (χ4v) is 4.06. The first-order chi connectivity index (χ1) is 15.5. The van der Waals surface area contributed by atoms with Gasteiger partial charge < -0.3 is 4.42 Å². The molecule has 0 N–H and O–H groups in total. The summed E-state index contributed by atoms with van der Waals surface area (Å²) in [6.45, 7) is -2.18. The van der Waals surface area contributed by atoms with Gasteiger partial charge in [-0.3, -0.25) is 4.57 Å². The number of imidazole rings is 1. The SMILES string of the molecule is [2H]C([2H])([2H])c1ccc2c(-c3nc4ccccc4n3-c3cccc4ccccc34)coc2c1. The Morgan fingerprint density at radius 2 is 1.72 bits per heavy atom. The molecule has 2 heterocycles. The predicted octanol–water partition coefficient (Wildman–Crippen LogP) is 6.90. The van der Waals surface area contributed by atoms with E-state index >= 15 is 0 Å². The first-order valence-electron chi connectivity index (χ1n) is 11.0. The quantitative estimate of drug-likeness (QED) is 0.328. The van der Waals surface area contributed by atoms with E-state index in [1.807, 2.05) is 42.5 Å². The predicted molar refractivity (Wildman–Crippen MR) is 119 cm³/mol. The summed E-state index contributed by atoms with van der Waals surface area (Å²) in [4.78, 5) is 4.95. The van der Waals surface area contributed by atoms with Crippen molar-refractivity contribution >= 4 is 32.8 Å². The highest BCUT2D eigenvalue weighted by molar-refractivity contribution is 5.98. The molecule has 0 aliphatic rings. The van der Waals surface area contributed by atoms with Crippen molar-refractivity contribution in [3.8, 4) is 17.1 Å². The Kier molecular flexibility index (Phi) is 2.80. The number of nitrogens with zero attached hydrogens (tertiary/aromatic N) is 2. The molecular formula is C26H18N2O. The third kappa shape index (κ3) is 2.41. The number of benzene rings is 4. The van der Waals surface area contributed by atoms with Gasteiger partial charge in [0.05, 0.1) is 22.3 Å². The molecular weight excluding hydrogens is 356 g/mol. The van der Waals surface area contributed by atoms with Crippen LogP contribution in [0.1, 0.15) is 9.68 Å². The molecule has 3 heteroatoms. The lowest BCUT2D eigenvalue weighted by molar-refractivity contribution is 0.616. The number of fused-ring (bicyclic) bond motifs is 3. The zero-order chi connectivity index (χ0) is 21.9. The van der Waals surface area contributed by atoms with Crippen LogP contribution in [0.4, 0.5) is 0 Å². The van der Waals surface area contributed by atoms with E-state index < -0.39 is 6.85 Å². The largest absolute Gasteiger partial charge is 0.464 e. The second kappa shape index (κ2) is 6.08. The zero-order valence-corrected chi connectivity index (χ0v) is 15.5. The standard InChI is InChI=1S/C26H18N2O/c1-17-13-14-20-21(16-29-25(20)15-17)26-27-22-10-4-5-11-24(22)28(26)23-12-6-8-18-7-2-3-9-19(18)23/h2-16H,1H3/i1D3. The maximum Gasteiger partial charge on any atom is 0.149 e. The van der Waals surface area contributed by atoms with Gasteiger partial charge in [0.1, 0.15) is 17.7 Å². The van der Waals surface area contributed by atoms with Crippen molar-refractivity contribution in [3.63, 3.8) is 0 Å². The summed E-state index contributed by atoms with van der Waals surface area (Å²) in [7, 11) is 0. The zero-order valence-electron chi connectivity index (χ0n) is 18.5. The third-order valence-electron chi connectivity index (χ3n) is 5.38. The molecule has 0 aliphatic carbocycles. The Morgan fingerprint density at radius 3 is 2.69 bits per heavy atom. The molecule has 0 spiro atoms. The molecule has 6 rings (SSSR count). The second-order valence-electron chi connectivity index (χ2n) is 7.12. The maximum atomic E-state index is 7.69. The van der Waals surface area contributed by atoms with Crippen LogP contribution in [-0.4, -0.2) is 9.55 Å². The van der Waals surface area contributed by atoms with Gasteiger partial charge in [0, 0.05) is 14.9 Å². The lowest BCUT2D eigenvalue weighted by atomic mass is 10.1. The number of rotatable bonds is 2. The van der Waals surface area contributed by atoms with Crippen molar-refractivity contribution in [2.24, 2.45) is 0 Å². The van der Waals surface area contributed by atoms with Gasteiger partial charge in [-0.2, -0.15) is 0 Å². The number of aromatic nitrogens is 2. The summed E-state index contributed by atoms with van der Waals surface area (Å²) >= 11 is 0. The average molecular weight is 377 g/mol. The molecule has 0 atom stereocenters. The molecule has 2 aromatic heterocycles. The molecule has 0 bridgehead atoms. The van der Waals surface area contributed by atoms with Gasteiger partial charge in [0.15, 0.2) is 0 Å². The van der Waals surface area contributed by atoms with E-state index in [1.54, 1.807) is 18.4 Å². The Hall–Kier alpha value is -3.85. The topological polar surface area (TPSA) is 31.0 Å². The Morgan fingerprint density at radius 1 is 0.862 bits per heavy atom. The Labute approximate surface area is 172 Å². The molecule has 29 heavy (non-hydrogen) atoms. The van der Waals surface area contributed by atoms with Crippen LogP contribution in [0.2, 0.25) is 0 Å². The summed E-state index contributed by atoms with van der Waals surface area (Å²) in [6.07, 6.45) is 1.66. The molecule has 0 saturated heterocycles. The van der Waals surface area contributed by atoms with Crippen LogP contribution in [0.25, 0.3) is 49.9 Å². The number of aryl methyl sites for hydroxylation is 1. The van der Waals surface area contributed by atoms with Crippen molar-refractivity contribution in [1.82, 2.24) is 9.55 Å². The molecule has 0 aliphatic heterocycles. The van der Waals surface area contributed by atoms with Gasteiger partial charge in [0.2, 0.25) is 0 Å². The van der Waals surface area contributed by atoms with Gasteiger partial charge in [0.25, 0.3) is 0 Å². The van der Waals surface area contributed by atoms with Gasteiger partial charge >= 0.3 is 0 Å². The Bertz CT molecular complexity index is 1620. The average Bonchev–Trinajstić information content (AvgIpc) is 3.39. The normalized spacial score (nSPS) is 13.6. The smallest absolute Gasteiger partial charge is 0.149 e. The van der Waals surface area contributed by atoms with Crippen LogP contribution < -0.4 is 0 Å². The first kappa shape index (κ1) is 13.3. The molecule has 0 amide bonds. The van der Waals surface area contributed by atoms with Crippen molar-refractivity contribution in [1.29, 1.82) is 0 Å². The number of hydrogen-bond donors (Lipinski definition) is 0. The molecule has 0 fully saturated rings. The van der Waals surface area contributed by atoms with E-state index in [1.165, 1.54) is 0 Å². The minimum absolute atomic E-state index is 0.258. The lowest BCUT2D eigenvalue weighted by Crippen LogP contribution is -1.98. The van der Waals surface area contributed by atoms with Crippen molar-refractivity contribution in [3.05, 3.63) is 96.8 Å². The fourth-order valence-electron chi connectivity index (χ4n) is 4.06. The fraction of sp³-hybridized carbons (Fsp3) is 0.0385. The van der Waals surface area contributed by atoms with Crippen LogP contribution in [0.15, 0.2) is 95.6 Å². The number of furan rings is 1. The van der Waals surface area contributed by atoms with E-state index in [0.717, 1.165) is 44.3 Å². The summed E-state index contributed by atoms with van der Waals surface area (Å²) in [5.41, 5.74) is 4.51. The van der Waals surface area contributed by atoms with Gasteiger partial charge in [-0.15, -0.1) is 0 Å². The molecule has 0 unspecified atom stereocenters. The highest BCUT2D eigenvalue weighted by atomic mass is 16.3. The van der Waals surface area contributed by atoms with E-state index in [4.69, 9.17) is 13.5 Å². The van der Waals surface area contributed by atoms with Crippen LogP contribution in [0.3, 0.4) is 0 Å². The van der Waals surface area contributed by atoms with Gasteiger partial charge in [-0.25, -0.2) is 4.98 Å².